The average Bonchev–Trinajstić information content (AvgIpc) is 3.34. The van der Waals surface area contributed by atoms with Gasteiger partial charge in [0.05, 0.1) is 0 Å². The van der Waals surface area contributed by atoms with Crippen LogP contribution in [-0.4, -0.2) is 0 Å². The van der Waals surface area contributed by atoms with E-state index in [0.717, 1.165) is 0 Å². The first-order valence-corrected chi connectivity index (χ1v) is 18.1. The molecule has 10 aromatic rings. The molecule has 52 heavy (non-hydrogen) atoms. The van der Waals surface area contributed by atoms with E-state index >= 15 is 0 Å². The van der Waals surface area contributed by atoms with Gasteiger partial charge in [0.2, 0.25) is 0 Å². The molecule has 0 radical (unpaired) electrons. The first kappa shape index (κ1) is 29.0. The second kappa shape index (κ2) is 11.4. The standard InChI is InChI=1S/C52H32/c1-2-15-33(16-3-1)34-29-30-47(38-20-7-4-17-35(34)38)51-42-23-10-12-25-44(42)52(45-26-13-11-24-43(45)51)49-32-31-48-40-22-9-6-19-37(40)36-18-5-8-21-39(36)41-27-14-28-46(49)50(41)48/h1-32H. The van der Waals surface area contributed by atoms with Crippen molar-refractivity contribution < 1.29 is 0 Å². The van der Waals surface area contributed by atoms with Gasteiger partial charge < -0.3 is 0 Å². The van der Waals surface area contributed by atoms with E-state index in [4.69, 9.17) is 0 Å². The molecule has 0 heteroatoms. The predicted octanol–water partition coefficient (Wildman–Crippen LogP) is 14.6. The summed E-state index contributed by atoms with van der Waals surface area (Å²) in [6.45, 7) is 0. The van der Waals surface area contributed by atoms with Gasteiger partial charge in [-0.15, -0.1) is 0 Å². The Balaban J connectivity index is 1.24. The van der Waals surface area contributed by atoms with Crippen LogP contribution in [0.1, 0.15) is 0 Å². The predicted molar refractivity (Wildman–Crippen MR) is 223 cm³/mol. The minimum absolute atomic E-state index is 1.24. The highest BCUT2D eigenvalue weighted by molar-refractivity contribution is 6.27. The Morgan fingerprint density at radius 1 is 0.173 bits per heavy atom. The third kappa shape index (κ3) is 4.16. The van der Waals surface area contributed by atoms with E-state index in [9.17, 15) is 0 Å². The highest BCUT2D eigenvalue weighted by Crippen LogP contribution is 2.52. The average molecular weight is 657 g/mol. The molecule has 11 rings (SSSR count). The van der Waals surface area contributed by atoms with Crippen molar-refractivity contribution in [3.05, 3.63) is 194 Å². The Bertz CT molecular complexity index is 2950. The Labute approximate surface area is 302 Å². The van der Waals surface area contributed by atoms with Crippen LogP contribution in [-0.2, 0) is 0 Å². The number of benzene rings is 10. The molecule has 0 saturated carbocycles. The fourth-order valence-electron chi connectivity index (χ4n) is 9.07. The van der Waals surface area contributed by atoms with Gasteiger partial charge in [-0.1, -0.05) is 194 Å². The molecule has 10 aromatic carbocycles. The largest absolute Gasteiger partial charge is 0.0622 e. The van der Waals surface area contributed by atoms with Crippen LogP contribution in [0.25, 0.3) is 110 Å². The summed E-state index contributed by atoms with van der Waals surface area (Å²) in [7, 11) is 0. The van der Waals surface area contributed by atoms with E-state index < -0.39 is 0 Å². The second-order valence-corrected chi connectivity index (χ2v) is 13.9. The van der Waals surface area contributed by atoms with Gasteiger partial charge in [-0.25, -0.2) is 0 Å². The number of rotatable bonds is 3. The van der Waals surface area contributed by atoms with Crippen molar-refractivity contribution in [1.82, 2.24) is 0 Å². The summed E-state index contributed by atoms with van der Waals surface area (Å²) in [6.07, 6.45) is 0. The third-order valence-corrected chi connectivity index (χ3v) is 11.2. The maximum Gasteiger partial charge on any atom is -0.00201 e. The van der Waals surface area contributed by atoms with Crippen molar-refractivity contribution >= 4 is 43.1 Å². The quantitative estimate of drug-likeness (QED) is 0.166. The molecular weight excluding hydrogens is 625 g/mol. The summed E-state index contributed by atoms with van der Waals surface area (Å²) >= 11 is 0. The normalized spacial score (nSPS) is 11.8. The molecule has 0 amide bonds. The molecule has 240 valence electrons. The van der Waals surface area contributed by atoms with Gasteiger partial charge in [0.1, 0.15) is 0 Å². The minimum Gasteiger partial charge on any atom is -0.0622 e. The highest BCUT2D eigenvalue weighted by Gasteiger charge is 2.24. The molecule has 0 aliphatic heterocycles. The summed E-state index contributed by atoms with van der Waals surface area (Å²) < 4.78 is 0. The van der Waals surface area contributed by atoms with Gasteiger partial charge in [-0.3, -0.25) is 0 Å². The van der Waals surface area contributed by atoms with Crippen LogP contribution < -0.4 is 0 Å². The summed E-state index contributed by atoms with van der Waals surface area (Å²) in [6, 6.07) is 71.8. The molecule has 0 bridgehead atoms. The lowest BCUT2D eigenvalue weighted by molar-refractivity contribution is 1.62. The number of fused-ring (bicyclic) bond motifs is 8. The van der Waals surface area contributed by atoms with Crippen molar-refractivity contribution in [3.8, 4) is 66.8 Å². The Morgan fingerprint density at radius 2 is 0.500 bits per heavy atom. The zero-order chi connectivity index (χ0) is 34.2. The van der Waals surface area contributed by atoms with E-state index in [0.29, 0.717) is 0 Å². The number of hydrogen-bond acceptors (Lipinski definition) is 0. The summed E-state index contributed by atoms with van der Waals surface area (Å²) in [4.78, 5) is 0. The van der Waals surface area contributed by atoms with Crippen LogP contribution in [0.2, 0.25) is 0 Å². The maximum atomic E-state index is 2.38. The lowest BCUT2D eigenvalue weighted by atomic mass is 9.82. The van der Waals surface area contributed by atoms with E-state index in [1.165, 1.54) is 110 Å². The SMILES string of the molecule is c1ccc(-c2ccc(-c3c4ccccc4c(-c4ccc5c6c(cccc46)-c4ccccc4-c4ccccc4-5)c4ccccc34)c3ccccc23)cc1. The van der Waals surface area contributed by atoms with Gasteiger partial charge >= 0.3 is 0 Å². The lowest BCUT2D eigenvalue weighted by Gasteiger charge is -2.21. The Morgan fingerprint density at radius 3 is 1.04 bits per heavy atom. The van der Waals surface area contributed by atoms with Crippen molar-refractivity contribution in [2.75, 3.05) is 0 Å². The molecule has 0 heterocycles. The molecule has 0 aromatic heterocycles. The first-order chi connectivity index (χ1) is 25.8. The van der Waals surface area contributed by atoms with Gasteiger partial charge in [-0.05, 0) is 110 Å². The molecule has 0 atom stereocenters. The minimum atomic E-state index is 1.24. The van der Waals surface area contributed by atoms with E-state index in [1.807, 2.05) is 0 Å². The highest BCUT2D eigenvalue weighted by atomic mass is 14.3. The molecule has 0 nitrogen and oxygen atoms in total. The molecular formula is C52H32. The van der Waals surface area contributed by atoms with Crippen LogP contribution in [0.5, 0.6) is 0 Å². The van der Waals surface area contributed by atoms with Crippen molar-refractivity contribution in [3.63, 3.8) is 0 Å². The smallest absolute Gasteiger partial charge is 0.00201 e. The van der Waals surface area contributed by atoms with Crippen LogP contribution in [0.15, 0.2) is 194 Å². The summed E-state index contributed by atoms with van der Waals surface area (Å²) in [5, 5.41) is 10.2. The second-order valence-electron chi connectivity index (χ2n) is 13.9. The zero-order valence-corrected chi connectivity index (χ0v) is 28.5. The van der Waals surface area contributed by atoms with Gasteiger partial charge in [0.25, 0.3) is 0 Å². The molecule has 0 spiro atoms. The molecule has 1 aliphatic carbocycles. The molecule has 0 unspecified atom stereocenters. The fourth-order valence-corrected chi connectivity index (χ4v) is 9.07. The van der Waals surface area contributed by atoms with E-state index in [-0.39, 0.29) is 0 Å². The maximum absolute atomic E-state index is 2.38. The molecule has 1 aliphatic rings. The summed E-state index contributed by atoms with van der Waals surface area (Å²) in [5.74, 6) is 0. The van der Waals surface area contributed by atoms with E-state index in [2.05, 4.69) is 194 Å². The van der Waals surface area contributed by atoms with Crippen molar-refractivity contribution in [1.29, 1.82) is 0 Å². The van der Waals surface area contributed by atoms with Crippen molar-refractivity contribution in [2.24, 2.45) is 0 Å². The molecule has 0 saturated heterocycles. The van der Waals surface area contributed by atoms with E-state index in [1.54, 1.807) is 0 Å². The monoisotopic (exact) mass is 656 g/mol. The molecule has 0 fully saturated rings. The topological polar surface area (TPSA) is 0 Å². The number of hydrogen-bond donors (Lipinski definition) is 0. The van der Waals surface area contributed by atoms with Gasteiger partial charge in [-0.2, -0.15) is 0 Å². The van der Waals surface area contributed by atoms with Crippen LogP contribution in [0.4, 0.5) is 0 Å². The summed E-state index contributed by atoms with van der Waals surface area (Å²) in [5.41, 5.74) is 15.3. The third-order valence-electron chi connectivity index (χ3n) is 11.2. The fraction of sp³-hybridized carbons (Fsp3) is 0. The lowest BCUT2D eigenvalue weighted by Crippen LogP contribution is -1.94. The zero-order valence-electron chi connectivity index (χ0n) is 28.5. The Kier molecular flexibility index (Phi) is 6.35. The van der Waals surface area contributed by atoms with Crippen molar-refractivity contribution in [2.45, 2.75) is 0 Å². The van der Waals surface area contributed by atoms with Crippen LogP contribution >= 0.6 is 0 Å². The Hall–Kier alpha value is -6.76. The van der Waals surface area contributed by atoms with Gasteiger partial charge in [0, 0.05) is 0 Å². The molecule has 0 N–H and O–H groups in total. The van der Waals surface area contributed by atoms with Crippen LogP contribution in [0.3, 0.4) is 0 Å². The first-order valence-electron chi connectivity index (χ1n) is 18.1. The van der Waals surface area contributed by atoms with Crippen LogP contribution in [0, 0.1) is 0 Å². The van der Waals surface area contributed by atoms with Gasteiger partial charge in [0.15, 0.2) is 0 Å².